The molecule has 0 aromatic carbocycles. The van der Waals surface area contributed by atoms with Crippen LogP contribution in [-0.2, 0) is 14.6 Å². The fourth-order valence-electron chi connectivity index (χ4n) is 1.33. The highest BCUT2D eigenvalue weighted by molar-refractivity contribution is 7.98. The van der Waals surface area contributed by atoms with Crippen molar-refractivity contribution in [2.45, 2.75) is 18.5 Å². The highest BCUT2D eigenvalue weighted by Gasteiger charge is 2.24. The Balaban J connectivity index is 2.38. The van der Waals surface area contributed by atoms with E-state index in [1.54, 1.807) is 11.8 Å². The van der Waals surface area contributed by atoms with Gasteiger partial charge in [0.2, 0.25) is 5.91 Å². The summed E-state index contributed by atoms with van der Waals surface area (Å²) in [6.45, 7) is 0. The van der Waals surface area contributed by atoms with Crippen molar-refractivity contribution in [3.8, 4) is 0 Å². The standard InChI is InChI=1S/C9H16N2O3S2/c1-15-4-2-8(10)9(12)11-7-3-5-16(13,14)6-7/h3,5,7-8H,2,4,6,10H2,1H3,(H,11,12)/t7?,8-/m1/s1. The summed E-state index contributed by atoms with van der Waals surface area (Å²) in [4.78, 5) is 11.5. The van der Waals surface area contributed by atoms with Crippen molar-refractivity contribution in [1.29, 1.82) is 0 Å². The van der Waals surface area contributed by atoms with E-state index in [1.165, 1.54) is 6.08 Å². The highest BCUT2D eigenvalue weighted by Crippen LogP contribution is 2.08. The van der Waals surface area contributed by atoms with Crippen LogP contribution in [0, 0.1) is 0 Å². The molecule has 2 atom stereocenters. The highest BCUT2D eigenvalue weighted by atomic mass is 32.2. The molecule has 0 saturated carbocycles. The van der Waals surface area contributed by atoms with Gasteiger partial charge >= 0.3 is 0 Å². The van der Waals surface area contributed by atoms with Crippen molar-refractivity contribution in [2.75, 3.05) is 17.8 Å². The third kappa shape index (κ3) is 4.15. The molecule has 1 heterocycles. The van der Waals surface area contributed by atoms with Crippen LogP contribution >= 0.6 is 11.8 Å². The van der Waals surface area contributed by atoms with Crippen molar-refractivity contribution in [3.05, 3.63) is 11.5 Å². The van der Waals surface area contributed by atoms with E-state index in [0.717, 1.165) is 11.2 Å². The van der Waals surface area contributed by atoms with Crippen LogP contribution in [0.2, 0.25) is 0 Å². The summed E-state index contributed by atoms with van der Waals surface area (Å²) < 4.78 is 22.2. The molecular formula is C9H16N2O3S2. The summed E-state index contributed by atoms with van der Waals surface area (Å²) in [6, 6.07) is -0.998. The number of carbonyl (C=O) groups is 1. The molecule has 0 aromatic rings. The molecule has 1 amide bonds. The lowest BCUT2D eigenvalue weighted by Crippen LogP contribution is -2.45. The Kier molecular flexibility index (Phi) is 4.82. The maximum Gasteiger partial charge on any atom is 0.237 e. The van der Waals surface area contributed by atoms with Gasteiger partial charge in [0.15, 0.2) is 9.84 Å². The number of hydrogen-bond acceptors (Lipinski definition) is 5. The fourth-order valence-corrected chi connectivity index (χ4v) is 3.06. The minimum absolute atomic E-state index is 0.0615. The molecule has 1 rings (SSSR count). The van der Waals surface area contributed by atoms with E-state index < -0.39 is 21.9 Å². The van der Waals surface area contributed by atoms with E-state index in [1.807, 2.05) is 6.26 Å². The molecule has 0 bridgehead atoms. The molecule has 7 heteroatoms. The van der Waals surface area contributed by atoms with E-state index in [-0.39, 0.29) is 11.7 Å². The number of sulfone groups is 1. The Bertz CT molecular complexity index is 378. The maximum atomic E-state index is 11.5. The molecule has 1 aliphatic rings. The number of rotatable bonds is 5. The molecule has 0 aliphatic carbocycles. The van der Waals surface area contributed by atoms with E-state index in [9.17, 15) is 13.2 Å². The van der Waals surface area contributed by atoms with Crippen molar-refractivity contribution >= 4 is 27.5 Å². The fraction of sp³-hybridized carbons (Fsp3) is 0.667. The molecule has 5 nitrogen and oxygen atoms in total. The number of carbonyl (C=O) groups excluding carboxylic acids is 1. The maximum absolute atomic E-state index is 11.5. The molecule has 3 N–H and O–H groups in total. The average molecular weight is 264 g/mol. The monoisotopic (exact) mass is 264 g/mol. The van der Waals surface area contributed by atoms with Gasteiger partial charge in [0.1, 0.15) is 0 Å². The number of hydrogen-bond donors (Lipinski definition) is 2. The van der Waals surface area contributed by atoms with Gasteiger partial charge in [-0.25, -0.2) is 8.42 Å². The van der Waals surface area contributed by atoms with Crippen LogP contribution < -0.4 is 11.1 Å². The Morgan fingerprint density at radius 1 is 1.69 bits per heavy atom. The molecule has 92 valence electrons. The molecular weight excluding hydrogens is 248 g/mol. The first-order chi connectivity index (χ1) is 7.44. The van der Waals surface area contributed by atoms with Crippen LogP contribution in [0.1, 0.15) is 6.42 Å². The number of amides is 1. The van der Waals surface area contributed by atoms with Crippen LogP contribution in [0.5, 0.6) is 0 Å². The summed E-state index contributed by atoms with van der Waals surface area (Å²) in [5.41, 5.74) is 5.65. The summed E-state index contributed by atoms with van der Waals surface area (Å²) in [6.07, 6.45) is 4.02. The van der Waals surface area contributed by atoms with Crippen LogP contribution in [0.3, 0.4) is 0 Å². The van der Waals surface area contributed by atoms with Gasteiger partial charge in [0.05, 0.1) is 17.8 Å². The van der Waals surface area contributed by atoms with E-state index in [0.29, 0.717) is 6.42 Å². The Morgan fingerprint density at radius 3 is 2.88 bits per heavy atom. The molecule has 1 unspecified atom stereocenters. The normalized spacial score (nSPS) is 24.2. The molecule has 0 fully saturated rings. The van der Waals surface area contributed by atoms with Crippen molar-refractivity contribution in [3.63, 3.8) is 0 Å². The van der Waals surface area contributed by atoms with Crippen LogP contribution in [-0.4, -0.2) is 44.2 Å². The zero-order chi connectivity index (χ0) is 12.2. The second kappa shape index (κ2) is 5.70. The number of thioether (sulfide) groups is 1. The molecule has 1 aliphatic heterocycles. The van der Waals surface area contributed by atoms with Gasteiger partial charge in [0.25, 0.3) is 0 Å². The third-order valence-electron chi connectivity index (χ3n) is 2.23. The van der Waals surface area contributed by atoms with E-state index in [2.05, 4.69) is 5.32 Å². The molecule has 0 spiro atoms. The Labute approximate surface area is 99.8 Å². The second-order valence-corrected chi connectivity index (χ2v) is 6.58. The van der Waals surface area contributed by atoms with E-state index in [4.69, 9.17) is 5.73 Å². The summed E-state index contributed by atoms with van der Waals surface area (Å²) >= 11 is 1.62. The number of nitrogens with two attached hydrogens (primary N) is 1. The molecule has 0 radical (unpaired) electrons. The minimum atomic E-state index is -3.12. The zero-order valence-electron chi connectivity index (χ0n) is 9.05. The third-order valence-corrected chi connectivity index (χ3v) is 4.27. The van der Waals surface area contributed by atoms with Crippen molar-refractivity contribution in [1.82, 2.24) is 5.32 Å². The zero-order valence-corrected chi connectivity index (χ0v) is 10.7. The summed E-state index contributed by atoms with van der Waals surface area (Å²) in [5, 5.41) is 3.73. The van der Waals surface area contributed by atoms with Gasteiger partial charge in [0, 0.05) is 5.41 Å². The Hall–Kier alpha value is -0.530. The van der Waals surface area contributed by atoms with Crippen molar-refractivity contribution < 1.29 is 13.2 Å². The molecule has 16 heavy (non-hydrogen) atoms. The van der Waals surface area contributed by atoms with Crippen LogP contribution in [0.4, 0.5) is 0 Å². The molecule has 0 saturated heterocycles. The first kappa shape index (κ1) is 13.5. The predicted octanol–water partition coefficient (Wildman–Crippen LogP) is -0.506. The van der Waals surface area contributed by atoms with Crippen LogP contribution in [0.15, 0.2) is 11.5 Å². The van der Waals surface area contributed by atoms with Crippen molar-refractivity contribution in [2.24, 2.45) is 5.73 Å². The van der Waals surface area contributed by atoms with Gasteiger partial charge in [-0.15, -0.1) is 0 Å². The lowest BCUT2D eigenvalue weighted by atomic mass is 10.2. The molecule has 0 aromatic heterocycles. The first-order valence-corrected chi connectivity index (χ1v) is 8.01. The lowest BCUT2D eigenvalue weighted by Gasteiger charge is -2.14. The quantitative estimate of drug-likeness (QED) is 0.698. The minimum Gasteiger partial charge on any atom is -0.347 e. The largest absolute Gasteiger partial charge is 0.347 e. The predicted molar refractivity (Wildman–Crippen MR) is 65.8 cm³/mol. The van der Waals surface area contributed by atoms with Gasteiger partial charge in [-0.3, -0.25) is 4.79 Å². The SMILES string of the molecule is CSCC[C@@H](N)C(=O)NC1C=CS(=O)(=O)C1. The topological polar surface area (TPSA) is 89.3 Å². The van der Waals surface area contributed by atoms with Gasteiger partial charge in [-0.2, -0.15) is 11.8 Å². The van der Waals surface area contributed by atoms with Gasteiger partial charge in [-0.1, -0.05) is 0 Å². The second-order valence-electron chi connectivity index (χ2n) is 3.66. The van der Waals surface area contributed by atoms with Crippen LogP contribution in [0.25, 0.3) is 0 Å². The average Bonchev–Trinajstić information content (AvgIpc) is 2.54. The Morgan fingerprint density at radius 2 is 2.38 bits per heavy atom. The number of nitrogens with one attached hydrogen (secondary N) is 1. The summed E-state index contributed by atoms with van der Waals surface area (Å²) in [5.74, 6) is 0.460. The lowest BCUT2D eigenvalue weighted by molar-refractivity contribution is -0.122. The first-order valence-electron chi connectivity index (χ1n) is 4.90. The smallest absolute Gasteiger partial charge is 0.237 e. The van der Waals surface area contributed by atoms with E-state index >= 15 is 0 Å². The van der Waals surface area contributed by atoms with Gasteiger partial charge in [-0.05, 0) is 24.5 Å². The van der Waals surface area contributed by atoms with Gasteiger partial charge < -0.3 is 11.1 Å². The summed E-state index contributed by atoms with van der Waals surface area (Å²) in [7, 11) is -3.12.